The van der Waals surface area contributed by atoms with E-state index in [0.29, 0.717) is 12.8 Å². The number of amides is 1. The van der Waals surface area contributed by atoms with Crippen molar-refractivity contribution in [1.29, 1.82) is 5.26 Å². The molecule has 2 unspecified atom stereocenters. The summed E-state index contributed by atoms with van der Waals surface area (Å²) >= 11 is 0. The molecule has 0 bridgehead atoms. The number of nitrogens with zero attached hydrogens (tertiary/aromatic N) is 1. The van der Waals surface area contributed by atoms with E-state index in [2.05, 4.69) is 11.4 Å². The predicted octanol–water partition coefficient (Wildman–Crippen LogP) is 3.27. The lowest BCUT2D eigenvalue weighted by Gasteiger charge is -2.19. The van der Waals surface area contributed by atoms with Crippen molar-refractivity contribution in [3.05, 3.63) is 71.8 Å². The normalized spacial score (nSPS) is 12.9. The van der Waals surface area contributed by atoms with Crippen LogP contribution in [0.2, 0.25) is 0 Å². The molecule has 2 aromatic carbocycles. The molecular weight excluding hydrogens is 288 g/mol. The standard InChI is InChI=1S/C19H20N2O2/c20-13-7-12-17(15-8-3-1-4-9-15)21-19(23)14-18(22)16-10-5-2-6-11-16/h1-6,8-11,17-18,22H,7,12,14H2,(H,21,23). The van der Waals surface area contributed by atoms with Crippen molar-refractivity contribution in [2.75, 3.05) is 0 Å². The average molecular weight is 308 g/mol. The van der Waals surface area contributed by atoms with E-state index in [1.54, 1.807) is 12.1 Å². The van der Waals surface area contributed by atoms with Gasteiger partial charge >= 0.3 is 0 Å². The lowest BCUT2D eigenvalue weighted by atomic mass is 10.0. The highest BCUT2D eigenvalue weighted by molar-refractivity contribution is 5.77. The van der Waals surface area contributed by atoms with E-state index < -0.39 is 6.10 Å². The van der Waals surface area contributed by atoms with Crippen LogP contribution in [0.4, 0.5) is 0 Å². The van der Waals surface area contributed by atoms with Crippen molar-refractivity contribution >= 4 is 5.91 Å². The fraction of sp³-hybridized carbons (Fsp3) is 0.263. The third kappa shape index (κ3) is 5.24. The zero-order valence-corrected chi connectivity index (χ0v) is 12.9. The molecule has 0 fully saturated rings. The molecular formula is C19H20N2O2. The fourth-order valence-electron chi connectivity index (χ4n) is 2.44. The van der Waals surface area contributed by atoms with Gasteiger partial charge in [0.05, 0.1) is 24.6 Å². The molecule has 0 aliphatic carbocycles. The van der Waals surface area contributed by atoms with Crippen LogP contribution in [0.1, 0.15) is 42.5 Å². The summed E-state index contributed by atoms with van der Waals surface area (Å²) in [6.07, 6.45) is 0.0814. The van der Waals surface area contributed by atoms with Crippen LogP contribution in [0.25, 0.3) is 0 Å². The summed E-state index contributed by atoms with van der Waals surface area (Å²) in [5.41, 5.74) is 1.68. The van der Waals surface area contributed by atoms with E-state index in [0.717, 1.165) is 11.1 Å². The molecule has 1 amide bonds. The van der Waals surface area contributed by atoms with Crippen molar-refractivity contribution in [2.24, 2.45) is 0 Å². The molecule has 0 aliphatic rings. The zero-order valence-electron chi connectivity index (χ0n) is 12.9. The van der Waals surface area contributed by atoms with Crippen molar-refractivity contribution < 1.29 is 9.90 Å². The Bertz CT molecular complexity index is 650. The molecule has 2 aromatic rings. The van der Waals surface area contributed by atoms with Gasteiger partial charge in [-0.25, -0.2) is 0 Å². The third-order valence-electron chi connectivity index (χ3n) is 3.65. The molecule has 0 saturated carbocycles. The molecule has 2 rings (SSSR count). The molecule has 2 N–H and O–H groups in total. The number of benzene rings is 2. The second-order valence-corrected chi connectivity index (χ2v) is 5.36. The number of hydrogen-bond donors (Lipinski definition) is 2. The van der Waals surface area contributed by atoms with Crippen molar-refractivity contribution in [2.45, 2.75) is 31.4 Å². The van der Waals surface area contributed by atoms with Crippen LogP contribution in [0.5, 0.6) is 0 Å². The first-order valence-electron chi connectivity index (χ1n) is 7.65. The maximum atomic E-state index is 12.2. The number of aliphatic hydroxyl groups excluding tert-OH is 1. The van der Waals surface area contributed by atoms with Crippen LogP contribution in [0, 0.1) is 11.3 Å². The summed E-state index contributed by atoms with van der Waals surface area (Å²) in [6.45, 7) is 0. The molecule has 0 aromatic heterocycles. The second-order valence-electron chi connectivity index (χ2n) is 5.36. The molecule has 0 heterocycles. The van der Waals surface area contributed by atoms with Crippen LogP contribution < -0.4 is 5.32 Å². The Labute approximate surface area is 136 Å². The Hall–Kier alpha value is -2.64. The summed E-state index contributed by atoms with van der Waals surface area (Å²) in [6, 6.07) is 20.6. The van der Waals surface area contributed by atoms with Crippen LogP contribution in [0.3, 0.4) is 0 Å². The van der Waals surface area contributed by atoms with Crippen LogP contribution in [-0.2, 0) is 4.79 Å². The van der Waals surface area contributed by atoms with Crippen molar-refractivity contribution in [3.63, 3.8) is 0 Å². The lowest BCUT2D eigenvalue weighted by molar-refractivity contribution is -0.123. The number of nitrogens with one attached hydrogen (secondary N) is 1. The third-order valence-corrected chi connectivity index (χ3v) is 3.65. The van der Waals surface area contributed by atoms with E-state index >= 15 is 0 Å². The first-order chi connectivity index (χ1) is 11.2. The van der Waals surface area contributed by atoms with Gasteiger partial charge in [0.15, 0.2) is 0 Å². The molecule has 4 heteroatoms. The largest absolute Gasteiger partial charge is 0.388 e. The second kappa shape index (κ2) is 8.72. The Balaban J connectivity index is 1.99. The maximum absolute atomic E-state index is 12.2. The van der Waals surface area contributed by atoms with E-state index in [9.17, 15) is 9.90 Å². The van der Waals surface area contributed by atoms with Gasteiger partial charge in [0, 0.05) is 6.42 Å². The van der Waals surface area contributed by atoms with Crippen LogP contribution in [0.15, 0.2) is 60.7 Å². The molecule has 0 saturated heterocycles. The monoisotopic (exact) mass is 308 g/mol. The van der Waals surface area contributed by atoms with Gasteiger partial charge in [0.1, 0.15) is 0 Å². The van der Waals surface area contributed by atoms with Gasteiger partial charge in [-0.1, -0.05) is 60.7 Å². The van der Waals surface area contributed by atoms with Gasteiger partial charge in [-0.2, -0.15) is 5.26 Å². The number of carbonyl (C=O) groups is 1. The summed E-state index contributed by atoms with van der Waals surface area (Å²) in [5, 5.41) is 21.8. The maximum Gasteiger partial charge on any atom is 0.223 e. The number of carbonyl (C=O) groups excluding carboxylic acids is 1. The van der Waals surface area contributed by atoms with Gasteiger partial charge in [-0.15, -0.1) is 0 Å². The van der Waals surface area contributed by atoms with Crippen LogP contribution >= 0.6 is 0 Å². The summed E-state index contributed by atoms with van der Waals surface area (Å²) < 4.78 is 0. The smallest absolute Gasteiger partial charge is 0.223 e. The van der Waals surface area contributed by atoms with Gasteiger partial charge in [-0.3, -0.25) is 4.79 Å². The summed E-state index contributed by atoms with van der Waals surface area (Å²) in [5.74, 6) is -0.229. The topological polar surface area (TPSA) is 73.1 Å². The molecule has 0 aliphatic heterocycles. The Morgan fingerprint density at radius 2 is 1.61 bits per heavy atom. The zero-order chi connectivity index (χ0) is 16.5. The van der Waals surface area contributed by atoms with Crippen molar-refractivity contribution in [3.8, 4) is 6.07 Å². The first-order valence-corrected chi connectivity index (χ1v) is 7.65. The average Bonchev–Trinajstić information content (AvgIpc) is 2.60. The summed E-state index contributed by atoms with van der Waals surface area (Å²) in [4.78, 5) is 12.2. The van der Waals surface area contributed by atoms with E-state index in [-0.39, 0.29) is 18.4 Å². The molecule has 118 valence electrons. The molecule has 23 heavy (non-hydrogen) atoms. The first kappa shape index (κ1) is 16.7. The summed E-state index contributed by atoms with van der Waals surface area (Å²) in [7, 11) is 0. The number of hydrogen-bond acceptors (Lipinski definition) is 3. The number of nitriles is 1. The van der Waals surface area contributed by atoms with Crippen molar-refractivity contribution in [1.82, 2.24) is 5.32 Å². The van der Waals surface area contributed by atoms with Crippen LogP contribution in [-0.4, -0.2) is 11.0 Å². The lowest BCUT2D eigenvalue weighted by Crippen LogP contribution is -2.29. The fourth-order valence-corrected chi connectivity index (χ4v) is 2.44. The quantitative estimate of drug-likeness (QED) is 0.824. The molecule has 0 radical (unpaired) electrons. The minimum absolute atomic E-state index is 0.0000987. The predicted molar refractivity (Wildman–Crippen MR) is 88.2 cm³/mol. The Morgan fingerprint density at radius 3 is 2.17 bits per heavy atom. The number of rotatable bonds is 7. The van der Waals surface area contributed by atoms with Gasteiger partial charge < -0.3 is 10.4 Å². The van der Waals surface area contributed by atoms with Gasteiger partial charge in [0.25, 0.3) is 0 Å². The highest BCUT2D eigenvalue weighted by Crippen LogP contribution is 2.20. The van der Waals surface area contributed by atoms with E-state index in [1.807, 2.05) is 48.5 Å². The minimum atomic E-state index is -0.830. The van der Waals surface area contributed by atoms with E-state index in [1.165, 1.54) is 0 Å². The molecule has 4 nitrogen and oxygen atoms in total. The highest BCUT2D eigenvalue weighted by Gasteiger charge is 2.17. The van der Waals surface area contributed by atoms with Gasteiger partial charge in [0.2, 0.25) is 5.91 Å². The highest BCUT2D eigenvalue weighted by atomic mass is 16.3. The SMILES string of the molecule is N#CCCC(NC(=O)CC(O)c1ccccc1)c1ccccc1. The number of aliphatic hydroxyl groups is 1. The van der Waals surface area contributed by atoms with E-state index in [4.69, 9.17) is 5.26 Å². The minimum Gasteiger partial charge on any atom is -0.388 e. The van der Waals surface area contributed by atoms with Gasteiger partial charge in [-0.05, 0) is 17.5 Å². The molecule has 0 spiro atoms. The Morgan fingerprint density at radius 1 is 1.04 bits per heavy atom. The Kier molecular flexibility index (Phi) is 6.34. The molecule has 2 atom stereocenters.